The van der Waals surface area contributed by atoms with Crippen LogP contribution in [0.3, 0.4) is 0 Å². The van der Waals surface area contributed by atoms with E-state index in [1.807, 2.05) is 24.3 Å². The van der Waals surface area contributed by atoms with Gasteiger partial charge in [0, 0.05) is 49.9 Å². The van der Waals surface area contributed by atoms with Gasteiger partial charge in [0.15, 0.2) is 11.5 Å². The summed E-state index contributed by atoms with van der Waals surface area (Å²) in [6.45, 7) is 8.20. The second kappa shape index (κ2) is 13.9. The van der Waals surface area contributed by atoms with E-state index < -0.39 is 20.9 Å². The molecule has 5 rings (SSSR count). The number of rotatable bonds is 14. The number of halogens is 1. The molecule has 2 N–H and O–H groups in total. The molecule has 3 aliphatic rings. The monoisotopic (exact) mass is 636 g/mol. The molecular weight excluding hydrogens is 587 g/mol. The lowest BCUT2D eigenvalue weighted by molar-refractivity contribution is -0.129. The molecule has 1 heterocycles. The maximum atomic E-state index is 15.3. The Morgan fingerprint density at radius 3 is 2.60 bits per heavy atom. The highest BCUT2D eigenvalue weighted by Crippen LogP contribution is 2.45. The van der Waals surface area contributed by atoms with Crippen molar-refractivity contribution in [3.05, 3.63) is 77.4 Å². The molecule has 244 valence electrons. The fourth-order valence-corrected chi connectivity index (χ4v) is 7.45. The zero-order valence-corrected chi connectivity index (χ0v) is 28.0. The number of benzene rings is 2. The Labute approximate surface area is 269 Å². The van der Waals surface area contributed by atoms with Crippen molar-refractivity contribution in [3.63, 3.8) is 0 Å². The van der Waals surface area contributed by atoms with Crippen molar-refractivity contribution >= 4 is 15.8 Å². The molecule has 2 aromatic rings. The molecule has 8 heteroatoms. The fraction of sp³-hybridized carbons (Fsp3) is 0.541. The SMILES string of the molecule is CC(C)c1ccccc1-c1cc(CCNS(=O)(=O)C(C)C)ccc1O[C@@H]1CC=C(/C=C/CCC(=O)[C@@]2(F)CNC3(CCC3)C2)C1. The summed E-state index contributed by atoms with van der Waals surface area (Å²) in [5.74, 6) is 0.857. The van der Waals surface area contributed by atoms with Gasteiger partial charge in [-0.3, -0.25) is 4.79 Å². The van der Waals surface area contributed by atoms with Crippen LogP contribution in [0.4, 0.5) is 4.39 Å². The molecule has 0 unspecified atom stereocenters. The molecule has 45 heavy (non-hydrogen) atoms. The third kappa shape index (κ3) is 7.95. The van der Waals surface area contributed by atoms with Crippen LogP contribution in [0.1, 0.15) is 96.1 Å². The first-order valence-electron chi connectivity index (χ1n) is 16.6. The Hall–Kier alpha value is -2.81. The van der Waals surface area contributed by atoms with Crippen LogP contribution >= 0.6 is 0 Å². The minimum absolute atomic E-state index is 0.0164. The van der Waals surface area contributed by atoms with E-state index in [0.717, 1.165) is 60.1 Å². The van der Waals surface area contributed by atoms with E-state index in [0.29, 0.717) is 31.7 Å². The number of hydrogen-bond acceptors (Lipinski definition) is 5. The van der Waals surface area contributed by atoms with Gasteiger partial charge in [-0.05, 0) is 86.3 Å². The second-order valence-electron chi connectivity index (χ2n) is 13.8. The number of hydrogen-bond donors (Lipinski definition) is 2. The summed E-state index contributed by atoms with van der Waals surface area (Å²) in [6, 6.07) is 14.5. The standard InChI is InChI=1S/C37H49FN2O4S/c1-26(2)31-11-6-7-12-32(31)33-23-29(18-21-40-45(42,43)27(3)4)15-17-34(33)44-30-16-14-28(22-30)10-5-8-13-35(41)37(38)24-36(39-25-37)19-9-20-36/h5-7,10-12,14-15,17,23,26-27,30,39-40H,8-9,13,16,18-22,24-25H2,1-4H3/b10-5+/t30-,37+/m1/s1. The highest BCUT2D eigenvalue weighted by molar-refractivity contribution is 7.90. The van der Waals surface area contributed by atoms with Crippen LogP contribution in [0.5, 0.6) is 5.75 Å². The minimum Gasteiger partial charge on any atom is -0.489 e. The van der Waals surface area contributed by atoms with E-state index in [9.17, 15) is 13.2 Å². The van der Waals surface area contributed by atoms with E-state index in [-0.39, 0.29) is 30.4 Å². The van der Waals surface area contributed by atoms with Gasteiger partial charge in [0.25, 0.3) is 0 Å². The fourth-order valence-electron chi connectivity index (χ4n) is 6.73. The van der Waals surface area contributed by atoms with Gasteiger partial charge in [0.1, 0.15) is 11.9 Å². The van der Waals surface area contributed by atoms with Gasteiger partial charge in [0.05, 0.1) is 5.25 Å². The maximum absolute atomic E-state index is 15.3. The molecule has 2 aromatic carbocycles. The lowest BCUT2D eigenvalue weighted by Crippen LogP contribution is -2.46. The van der Waals surface area contributed by atoms with Crippen molar-refractivity contribution in [1.29, 1.82) is 0 Å². The molecule has 1 saturated carbocycles. The quantitative estimate of drug-likeness (QED) is 0.227. The summed E-state index contributed by atoms with van der Waals surface area (Å²) in [5, 5.41) is 2.81. The Balaban J connectivity index is 1.21. The number of ether oxygens (including phenoxy) is 1. The largest absolute Gasteiger partial charge is 0.489 e. The predicted octanol–water partition coefficient (Wildman–Crippen LogP) is 7.34. The molecule has 1 saturated heterocycles. The summed E-state index contributed by atoms with van der Waals surface area (Å²) in [6.07, 6.45) is 12.5. The third-order valence-electron chi connectivity index (χ3n) is 9.70. The topological polar surface area (TPSA) is 84.5 Å². The minimum atomic E-state index is -3.32. The van der Waals surface area contributed by atoms with Crippen LogP contribution in [-0.2, 0) is 21.2 Å². The van der Waals surface area contributed by atoms with Gasteiger partial charge in [-0.1, -0.05) is 62.4 Å². The molecule has 1 spiro atoms. The normalized spacial score (nSPS) is 22.8. The van der Waals surface area contributed by atoms with Crippen LogP contribution in [-0.4, -0.2) is 49.9 Å². The number of Topliss-reactive ketones (excluding diaryl/α,β-unsaturated/α-hetero) is 1. The summed E-state index contributed by atoms with van der Waals surface area (Å²) in [5.41, 5.74) is 3.71. The maximum Gasteiger partial charge on any atom is 0.213 e. The molecule has 0 amide bonds. The highest BCUT2D eigenvalue weighted by Gasteiger charge is 2.54. The first-order chi connectivity index (χ1) is 21.4. The molecule has 6 nitrogen and oxygen atoms in total. The Morgan fingerprint density at radius 2 is 1.91 bits per heavy atom. The van der Waals surface area contributed by atoms with Crippen molar-refractivity contribution in [3.8, 4) is 16.9 Å². The summed E-state index contributed by atoms with van der Waals surface area (Å²) in [4.78, 5) is 12.7. The van der Waals surface area contributed by atoms with Crippen LogP contribution in [0, 0.1) is 0 Å². The van der Waals surface area contributed by atoms with Gasteiger partial charge >= 0.3 is 0 Å². The first-order valence-corrected chi connectivity index (χ1v) is 18.1. The van der Waals surface area contributed by atoms with Crippen LogP contribution in [0.2, 0.25) is 0 Å². The number of carbonyl (C=O) groups is 1. The van der Waals surface area contributed by atoms with Gasteiger partial charge in [0.2, 0.25) is 10.0 Å². The van der Waals surface area contributed by atoms with E-state index in [1.165, 1.54) is 5.56 Å². The lowest BCUT2D eigenvalue weighted by atomic mass is 9.73. The van der Waals surface area contributed by atoms with Gasteiger partial charge in [-0.15, -0.1) is 0 Å². The first kappa shape index (κ1) is 33.6. The summed E-state index contributed by atoms with van der Waals surface area (Å²) < 4.78 is 49.1. The zero-order valence-electron chi connectivity index (χ0n) is 27.2. The molecule has 2 atom stereocenters. The number of carbonyl (C=O) groups excluding carboxylic acids is 1. The summed E-state index contributed by atoms with van der Waals surface area (Å²) in [7, 11) is -3.32. The van der Waals surface area contributed by atoms with Gasteiger partial charge in [-0.25, -0.2) is 17.5 Å². The van der Waals surface area contributed by atoms with E-state index in [4.69, 9.17) is 4.74 Å². The molecule has 1 aliphatic heterocycles. The summed E-state index contributed by atoms with van der Waals surface area (Å²) >= 11 is 0. The number of sulfonamides is 1. The lowest BCUT2D eigenvalue weighted by Gasteiger charge is -2.38. The van der Waals surface area contributed by atoms with E-state index >= 15 is 4.39 Å². The number of allylic oxidation sites excluding steroid dienone is 2. The van der Waals surface area contributed by atoms with E-state index in [1.54, 1.807) is 13.8 Å². The molecule has 2 fully saturated rings. The molecule has 0 aromatic heterocycles. The zero-order chi connectivity index (χ0) is 32.2. The second-order valence-corrected chi connectivity index (χ2v) is 16.1. The van der Waals surface area contributed by atoms with Crippen LogP contribution in [0.15, 0.2) is 66.3 Å². The molecule has 2 aliphatic carbocycles. The number of alkyl halides is 1. The van der Waals surface area contributed by atoms with Crippen molar-refractivity contribution in [2.24, 2.45) is 0 Å². The predicted molar refractivity (Wildman–Crippen MR) is 180 cm³/mol. The average Bonchev–Trinajstić information content (AvgIpc) is 3.60. The van der Waals surface area contributed by atoms with Crippen molar-refractivity contribution in [1.82, 2.24) is 10.0 Å². The molecule has 0 bridgehead atoms. The smallest absolute Gasteiger partial charge is 0.213 e. The third-order valence-corrected chi connectivity index (χ3v) is 11.5. The Morgan fingerprint density at radius 1 is 1.13 bits per heavy atom. The Kier molecular flexibility index (Phi) is 10.4. The number of ketones is 1. The Bertz CT molecular complexity index is 1540. The molecule has 0 radical (unpaired) electrons. The van der Waals surface area contributed by atoms with Crippen molar-refractivity contribution in [2.75, 3.05) is 13.1 Å². The highest BCUT2D eigenvalue weighted by atomic mass is 32.2. The molecular formula is C37H49FN2O4S. The average molecular weight is 637 g/mol. The van der Waals surface area contributed by atoms with Crippen molar-refractivity contribution in [2.45, 2.75) is 114 Å². The number of nitrogens with one attached hydrogen (secondary N) is 2. The van der Waals surface area contributed by atoms with Gasteiger partial charge in [-0.2, -0.15) is 0 Å². The van der Waals surface area contributed by atoms with E-state index in [2.05, 4.69) is 60.3 Å². The van der Waals surface area contributed by atoms with Gasteiger partial charge < -0.3 is 10.1 Å². The van der Waals surface area contributed by atoms with Crippen LogP contribution in [0.25, 0.3) is 11.1 Å². The van der Waals surface area contributed by atoms with Crippen LogP contribution < -0.4 is 14.8 Å². The van der Waals surface area contributed by atoms with Crippen molar-refractivity contribution < 1.29 is 22.3 Å².